The van der Waals surface area contributed by atoms with E-state index in [-0.39, 0.29) is 12.3 Å². The fourth-order valence-corrected chi connectivity index (χ4v) is 1.09. The van der Waals surface area contributed by atoms with E-state index in [1.165, 1.54) is 13.2 Å². The van der Waals surface area contributed by atoms with Gasteiger partial charge in [0.1, 0.15) is 0 Å². The van der Waals surface area contributed by atoms with Crippen molar-refractivity contribution in [3.05, 3.63) is 33.6 Å². The molecule has 0 atom stereocenters. The van der Waals surface area contributed by atoms with Crippen LogP contribution in [0.15, 0.2) is 12.1 Å². The molecule has 0 aliphatic carbocycles. The Bertz CT molecular complexity index is 368. The molecule has 1 rings (SSSR count). The van der Waals surface area contributed by atoms with Crippen LogP contribution >= 0.6 is 0 Å². The Labute approximate surface area is 79.4 Å². The molecule has 0 heterocycles. The molecule has 5 nitrogen and oxygen atoms in total. The van der Waals surface area contributed by atoms with Gasteiger partial charge in [0.15, 0.2) is 5.82 Å². The zero-order chi connectivity index (χ0) is 10.7. The van der Waals surface area contributed by atoms with Crippen LogP contribution in [0.2, 0.25) is 0 Å². The molecule has 0 aliphatic rings. The highest BCUT2D eigenvalue weighted by Crippen LogP contribution is 2.30. The van der Waals surface area contributed by atoms with Crippen molar-refractivity contribution in [3.8, 4) is 5.75 Å². The summed E-state index contributed by atoms with van der Waals surface area (Å²) in [6.07, 6.45) is 0. The Balaban J connectivity index is 3.35. The fourth-order valence-electron chi connectivity index (χ4n) is 1.09. The largest absolute Gasteiger partial charge is 0.488 e. The lowest BCUT2D eigenvalue weighted by Gasteiger charge is -2.04. The van der Waals surface area contributed by atoms with Gasteiger partial charge >= 0.3 is 5.69 Å². The summed E-state index contributed by atoms with van der Waals surface area (Å²) in [6.45, 7) is 0.0434. The molecular formula is C8H9FN2O3. The van der Waals surface area contributed by atoms with Crippen molar-refractivity contribution in [1.29, 1.82) is 0 Å². The van der Waals surface area contributed by atoms with Gasteiger partial charge in [-0.2, -0.15) is 0 Å². The SMILES string of the molecule is COc1c(F)cc(CN)cc1[N+](=O)[O-]. The molecule has 0 saturated heterocycles. The molecule has 0 aliphatic heterocycles. The zero-order valence-corrected chi connectivity index (χ0v) is 7.49. The van der Waals surface area contributed by atoms with Crippen molar-refractivity contribution >= 4 is 5.69 Å². The third kappa shape index (κ3) is 1.80. The zero-order valence-electron chi connectivity index (χ0n) is 7.49. The molecule has 2 N–H and O–H groups in total. The molecule has 0 spiro atoms. The van der Waals surface area contributed by atoms with Gasteiger partial charge in [0.2, 0.25) is 5.75 Å². The van der Waals surface area contributed by atoms with E-state index in [2.05, 4.69) is 4.74 Å². The number of nitro benzene ring substituents is 1. The molecule has 0 aromatic heterocycles. The average molecular weight is 200 g/mol. The van der Waals surface area contributed by atoms with Gasteiger partial charge in [-0.25, -0.2) is 4.39 Å². The lowest BCUT2D eigenvalue weighted by Crippen LogP contribution is -2.02. The quantitative estimate of drug-likeness (QED) is 0.587. The number of nitrogens with zero attached hydrogens (tertiary/aromatic N) is 1. The van der Waals surface area contributed by atoms with Gasteiger partial charge in [0, 0.05) is 12.6 Å². The van der Waals surface area contributed by atoms with Gasteiger partial charge in [0.25, 0.3) is 0 Å². The molecule has 76 valence electrons. The highest BCUT2D eigenvalue weighted by molar-refractivity contribution is 5.49. The Kier molecular flexibility index (Phi) is 2.98. The third-order valence-corrected chi connectivity index (χ3v) is 1.72. The van der Waals surface area contributed by atoms with Gasteiger partial charge in [-0.1, -0.05) is 0 Å². The number of rotatable bonds is 3. The topological polar surface area (TPSA) is 78.4 Å². The van der Waals surface area contributed by atoms with Gasteiger partial charge in [-0.3, -0.25) is 10.1 Å². The van der Waals surface area contributed by atoms with E-state index in [0.29, 0.717) is 5.56 Å². The second kappa shape index (κ2) is 4.01. The number of hydrogen-bond acceptors (Lipinski definition) is 4. The maximum Gasteiger partial charge on any atom is 0.314 e. The summed E-state index contributed by atoms with van der Waals surface area (Å²) in [5.74, 6) is -1.14. The van der Waals surface area contributed by atoms with E-state index < -0.39 is 16.4 Å². The summed E-state index contributed by atoms with van der Waals surface area (Å²) >= 11 is 0. The monoisotopic (exact) mass is 200 g/mol. The first-order valence-corrected chi connectivity index (χ1v) is 3.81. The van der Waals surface area contributed by atoms with Crippen molar-refractivity contribution in [2.24, 2.45) is 5.73 Å². The lowest BCUT2D eigenvalue weighted by molar-refractivity contribution is -0.386. The number of ether oxygens (including phenoxy) is 1. The molecule has 1 aromatic rings. The van der Waals surface area contributed by atoms with Gasteiger partial charge in [0.05, 0.1) is 12.0 Å². The molecular weight excluding hydrogens is 191 g/mol. The van der Waals surface area contributed by atoms with Crippen molar-refractivity contribution in [1.82, 2.24) is 0 Å². The summed E-state index contributed by atoms with van der Waals surface area (Å²) < 4.78 is 17.8. The van der Waals surface area contributed by atoms with Crippen LogP contribution < -0.4 is 10.5 Å². The maximum absolute atomic E-state index is 13.2. The van der Waals surface area contributed by atoms with Crippen LogP contribution in [0, 0.1) is 15.9 Å². The molecule has 0 fully saturated rings. The standard InChI is InChI=1S/C8H9FN2O3/c1-14-8-6(9)2-5(4-10)3-7(8)11(12)13/h2-3H,4,10H2,1H3. The number of halogens is 1. The number of benzene rings is 1. The van der Waals surface area contributed by atoms with E-state index >= 15 is 0 Å². The Hall–Kier alpha value is -1.69. The Morgan fingerprint density at radius 2 is 2.29 bits per heavy atom. The second-order valence-corrected chi connectivity index (χ2v) is 2.59. The molecule has 14 heavy (non-hydrogen) atoms. The third-order valence-electron chi connectivity index (χ3n) is 1.72. The Morgan fingerprint density at radius 1 is 1.64 bits per heavy atom. The van der Waals surface area contributed by atoms with Crippen molar-refractivity contribution < 1.29 is 14.1 Å². The van der Waals surface area contributed by atoms with Gasteiger partial charge < -0.3 is 10.5 Å². The first-order valence-electron chi connectivity index (χ1n) is 3.81. The average Bonchev–Trinajstić information content (AvgIpc) is 2.16. The number of nitrogens with two attached hydrogens (primary N) is 1. The molecule has 0 amide bonds. The van der Waals surface area contributed by atoms with Crippen LogP contribution in [0.5, 0.6) is 5.75 Å². The van der Waals surface area contributed by atoms with Crippen LogP contribution in [0.4, 0.5) is 10.1 Å². The highest BCUT2D eigenvalue weighted by Gasteiger charge is 2.20. The molecule has 0 unspecified atom stereocenters. The smallest absolute Gasteiger partial charge is 0.314 e. The van der Waals surface area contributed by atoms with Crippen LogP contribution in [-0.2, 0) is 6.54 Å². The minimum Gasteiger partial charge on any atom is -0.488 e. The van der Waals surface area contributed by atoms with E-state index in [1.54, 1.807) is 0 Å². The molecule has 0 bridgehead atoms. The van der Waals surface area contributed by atoms with Crippen LogP contribution in [-0.4, -0.2) is 12.0 Å². The van der Waals surface area contributed by atoms with Gasteiger partial charge in [-0.15, -0.1) is 0 Å². The first kappa shape index (κ1) is 10.4. The summed E-state index contributed by atoms with van der Waals surface area (Å²) in [5, 5.41) is 10.5. The maximum atomic E-state index is 13.2. The molecule has 0 saturated carbocycles. The predicted octanol–water partition coefficient (Wildman–Crippen LogP) is 1.20. The second-order valence-electron chi connectivity index (χ2n) is 2.59. The van der Waals surface area contributed by atoms with Crippen molar-refractivity contribution in [3.63, 3.8) is 0 Å². The number of hydrogen-bond donors (Lipinski definition) is 1. The van der Waals surface area contributed by atoms with E-state index in [0.717, 1.165) is 6.07 Å². The first-order chi connectivity index (χ1) is 6.60. The number of nitro groups is 1. The van der Waals surface area contributed by atoms with Crippen molar-refractivity contribution in [2.75, 3.05) is 7.11 Å². The minimum absolute atomic E-state index is 0.0434. The van der Waals surface area contributed by atoms with E-state index in [9.17, 15) is 14.5 Å². The summed E-state index contributed by atoms with van der Waals surface area (Å²) in [4.78, 5) is 9.81. The summed E-state index contributed by atoms with van der Waals surface area (Å²) in [7, 11) is 1.17. The lowest BCUT2D eigenvalue weighted by atomic mass is 10.2. The summed E-state index contributed by atoms with van der Waals surface area (Å²) in [5.41, 5.74) is 5.20. The fraction of sp³-hybridized carbons (Fsp3) is 0.250. The molecule has 1 aromatic carbocycles. The molecule has 0 radical (unpaired) electrons. The van der Waals surface area contributed by atoms with Crippen LogP contribution in [0.25, 0.3) is 0 Å². The van der Waals surface area contributed by atoms with E-state index in [4.69, 9.17) is 5.73 Å². The Morgan fingerprint density at radius 3 is 2.71 bits per heavy atom. The highest BCUT2D eigenvalue weighted by atomic mass is 19.1. The van der Waals surface area contributed by atoms with Gasteiger partial charge in [-0.05, 0) is 11.6 Å². The summed E-state index contributed by atoms with van der Waals surface area (Å²) in [6, 6.07) is 2.31. The van der Waals surface area contributed by atoms with Crippen molar-refractivity contribution in [2.45, 2.75) is 6.54 Å². The van der Waals surface area contributed by atoms with E-state index in [1.807, 2.05) is 0 Å². The van der Waals surface area contributed by atoms with Crippen LogP contribution in [0.1, 0.15) is 5.56 Å². The minimum atomic E-state index is -0.776. The predicted molar refractivity (Wildman–Crippen MR) is 47.5 cm³/mol. The van der Waals surface area contributed by atoms with Crippen LogP contribution in [0.3, 0.4) is 0 Å². The molecule has 6 heteroatoms. The number of methoxy groups -OCH3 is 1. The normalized spacial score (nSPS) is 9.93.